The number of anilines is 1. The fourth-order valence-corrected chi connectivity index (χ4v) is 2.18. The maximum absolute atomic E-state index is 11.2. The van der Waals surface area contributed by atoms with Gasteiger partial charge in [-0.05, 0) is 37.5 Å². The van der Waals surface area contributed by atoms with Crippen molar-refractivity contribution in [3.05, 3.63) is 28.8 Å². The molecule has 1 aliphatic rings. The standard InChI is InChI=1S/C12H13ClN2O3/c13-8-6-7(10(14)16)2-3-9(8)15-12(11(17)18)4-1-5-12/h2-3,6,15H,1,4-5H2,(H2,14,16)(H,17,18). The monoisotopic (exact) mass is 268 g/mol. The molecular weight excluding hydrogens is 256 g/mol. The second-order valence-corrected chi connectivity index (χ2v) is 4.83. The van der Waals surface area contributed by atoms with Gasteiger partial charge in [0.2, 0.25) is 5.91 Å². The summed E-state index contributed by atoms with van der Waals surface area (Å²) in [5, 5.41) is 12.4. The Kier molecular flexibility index (Phi) is 3.17. The first-order chi connectivity index (χ1) is 8.44. The molecule has 96 valence electrons. The third kappa shape index (κ3) is 2.13. The summed E-state index contributed by atoms with van der Waals surface area (Å²) in [5.41, 5.74) is 5.00. The molecule has 18 heavy (non-hydrogen) atoms. The van der Waals surface area contributed by atoms with Crippen molar-refractivity contribution in [2.45, 2.75) is 24.8 Å². The van der Waals surface area contributed by atoms with E-state index in [0.717, 1.165) is 6.42 Å². The van der Waals surface area contributed by atoms with Gasteiger partial charge in [-0.1, -0.05) is 11.6 Å². The zero-order valence-electron chi connectivity index (χ0n) is 9.57. The van der Waals surface area contributed by atoms with Gasteiger partial charge in [0.05, 0.1) is 10.7 Å². The van der Waals surface area contributed by atoms with E-state index in [1.165, 1.54) is 12.1 Å². The predicted molar refractivity (Wildman–Crippen MR) is 67.8 cm³/mol. The van der Waals surface area contributed by atoms with Crippen LogP contribution in [0.5, 0.6) is 0 Å². The zero-order valence-corrected chi connectivity index (χ0v) is 10.3. The number of primary amides is 1. The van der Waals surface area contributed by atoms with Gasteiger partial charge in [-0.25, -0.2) is 4.79 Å². The molecule has 0 heterocycles. The van der Waals surface area contributed by atoms with Crippen molar-refractivity contribution in [1.82, 2.24) is 0 Å². The fraction of sp³-hybridized carbons (Fsp3) is 0.333. The van der Waals surface area contributed by atoms with Crippen molar-refractivity contribution in [2.24, 2.45) is 5.73 Å². The lowest BCUT2D eigenvalue weighted by molar-refractivity contribution is -0.145. The van der Waals surface area contributed by atoms with Crippen LogP contribution in [0.4, 0.5) is 5.69 Å². The van der Waals surface area contributed by atoms with Gasteiger partial charge in [0.15, 0.2) is 0 Å². The number of aliphatic carboxylic acids is 1. The Labute approximate surface area is 109 Å². The number of halogens is 1. The van der Waals surface area contributed by atoms with Crippen LogP contribution in [0.2, 0.25) is 5.02 Å². The highest BCUT2D eigenvalue weighted by atomic mass is 35.5. The number of amides is 1. The lowest BCUT2D eigenvalue weighted by Crippen LogP contribution is -2.52. The Morgan fingerprint density at radius 3 is 2.44 bits per heavy atom. The van der Waals surface area contributed by atoms with E-state index in [-0.39, 0.29) is 0 Å². The Hall–Kier alpha value is -1.75. The van der Waals surface area contributed by atoms with Gasteiger partial charge >= 0.3 is 5.97 Å². The summed E-state index contributed by atoms with van der Waals surface area (Å²) in [6.07, 6.45) is 2.00. The van der Waals surface area contributed by atoms with Gasteiger partial charge in [-0.15, -0.1) is 0 Å². The Morgan fingerprint density at radius 2 is 2.06 bits per heavy atom. The molecule has 0 saturated heterocycles. The van der Waals surface area contributed by atoms with Crippen LogP contribution in [0.3, 0.4) is 0 Å². The average molecular weight is 269 g/mol. The maximum atomic E-state index is 11.2. The van der Waals surface area contributed by atoms with Crippen LogP contribution >= 0.6 is 11.6 Å². The molecule has 1 aromatic carbocycles. The molecule has 0 aromatic heterocycles. The normalized spacial score (nSPS) is 16.7. The number of carboxylic acids is 1. The van der Waals surface area contributed by atoms with Crippen LogP contribution in [0.15, 0.2) is 18.2 Å². The third-order valence-electron chi connectivity index (χ3n) is 3.24. The molecule has 0 atom stereocenters. The summed E-state index contributed by atoms with van der Waals surface area (Å²) in [5.74, 6) is -1.45. The molecule has 6 heteroatoms. The van der Waals surface area contributed by atoms with Gasteiger partial charge in [0.25, 0.3) is 0 Å². The highest BCUT2D eigenvalue weighted by molar-refractivity contribution is 6.33. The Bertz CT molecular complexity index is 512. The highest BCUT2D eigenvalue weighted by Crippen LogP contribution is 2.37. The molecule has 1 aliphatic carbocycles. The highest BCUT2D eigenvalue weighted by Gasteiger charge is 2.44. The van der Waals surface area contributed by atoms with Crippen molar-refractivity contribution in [3.63, 3.8) is 0 Å². The minimum absolute atomic E-state index is 0.291. The largest absolute Gasteiger partial charge is 0.480 e. The lowest BCUT2D eigenvalue weighted by atomic mass is 9.76. The number of hydrogen-bond acceptors (Lipinski definition) is 3. The van der Waals surface area contributed by atoms with Crippen LogP contribution in [0.25, 0.3) is 0 Å². The molecule has 0 spiro atoms. The summed E-state index contributed by atoms with van der Waals surface area (Å²) in [6, 6.07) is 4.52. The van der Waals surface area contributed by atoms with Crippen LogP contribution < -0.4 is 11.1 Å². The number of carbonyl (C=O) groups is 2. The number of hydrogen-bond donors (Lipinski definition) is 3. The first-order valence-electron chi connectivity index (χ1n) is 5.55. The van der Waals surface area contributed by atoms with E-state index in [4.69, 9.17) is 17.3 Å². The molecule has 1 fully saturated rings. The minimum atomic E-state index is -0.933. The maximum Gasteiger partial charge on any atom is 0.329 e. The molecule has 4 N–H and O–H groups in total. The molecule has 0 aliphatic heterocycles. The van der Waals surface area contributed by atoms with E-state index in [9.17, 15) is 14.7 Å². The summed E-state index contributed by atoms with van der Waals surface area (Å²) in [4.78, 5) is 22.2. The van der Waals surface area contributed by atoms with Gasteiger partial charge < -0.3 is 16.2 Å². The molecule has 1 amide bonds. The number of nitrogens with one attached hydrogen (secondary N) is 1. The second-order valence-electron chi connectivity index (χ2n) is 4.42. The molecule has 0 unspecified atom stereocenters. The van der Waals surface area contributed by atoms with Gasteiger partial charge in [-0.2, -0.15) is 0 Å². The summed E-state index contributed by atoms with van der Waals surface area (Å²) in [7, 11) is 0. The molecule has 1 saturated carbocycles. The molecular formula is C12H13ClN2O3. The van der Waals surface area contributed by atoms with E-state index in [0.29, 0.717) is 29.1 Å². The van der Waals surface area contributed by atoms with Crippen LogP contribution in [0.1, 0.15) is 29.6 Å². The summed E-state index contributed by atoms with van der Waals surface area (Å²) in [6.45, 7) is 0. The molecule has 0 bridgehead atoms. The molecule has 0 radical (unpaired) electrons. The Balaban J connectivity index is 2.24. The zero-order chi connectivity index (χ0) is 13.3. The van der Waals surface area contributed by atoms with Crippen molar-refractivity contribution in [2.75, 3.05) is 5.32 Å². The van der Waals surface area contributed by atoms with Crippen LogP contribution in [-0.4, -0.2) is 22.5 Å². The minimum Gasteiger partial charge on any atom is -0.480 e. The number of benzene rings is 1. The van der Waals surface area contributed by atoms with E-state index in [1.54, 1.807) is 6.07 Å². The quantitative estimate of drug-likeness (QED) is 0.777. The van der Waals surface area contributed by atoms with E-state index < -0.39 is 17.4 Å². The predicted octanol–water partition coefficient (Wildman–Crippen LogP) is 1.86. The van der Waals surface area contributed by atoms with Crippen molar-refractivity contribution < 1.29 is 14.7 Å². The van der Waals surface area contributed by atoms with Crippen molar-refractivity contribution in [3.8, 4) is 0 Å². The first kappa shape index (κ1) is 12.7. The smallest absolute Gasteiger partial charge is 0.329 e. The topological polar surface area (TPSA) is 92.4 Å². The number of carbonyl (C=O) groups excluding carboxylic acids is 1. The summed E-state index contributed by atoms with van der Waals surface area (Å²) < 4.78 is 0. The fourth-order valence-electron chi connectivity index (χ4n) is 1.95. The molecule has 1 aromatic rings. The molecule has 2 rings (SSSR count). The van der Waals surface area contributed by atoms with E-state index >= 15 is 0 Å². The Morgan fingerprint density at radius 1 is 1.39 bits per heavy atom. The van der Waals surface area contributed by atoms with Crippen LogP contribution in [-0.2, 0) is 4.79 Å². The number of carboxylic acid groups (broad SMARTS) is 1. The SMILES string of the molecule is NC(=O)c1ccc(NC2(C(=O)O)CCC2)c(Cl)c1. The van der Waals surface area contributed by atoms with E-state index in [2.05, 4.69) is 5.32 Å². The van der Waals surface area contributed by atoms with Crippen molar-refractivity contribution in [1.29, 1.82) is 0 Å². The average Bonchev–Trinajstić information content (AvgIpc) is 2.24. The van der Waals surface area contributed by atoms with E-state index in [1.807, 2.05) is 0 Å². The van der Waals surface area contributed by atoms with Crippen molar-refractivity contribution >= 4 is 29.2 Å². The van der Waals surface area contributed by atoms with Gasteiger partial charge in [0.1, 0.15) is 5.54 Å². The third-order valence-corrected chi connectivity index (χ3v) is 3.56. The molecule has 5 nitrogen and oxygen atoms in total. The van der Waals surface area contributed by atoms with Gasteiger partial charge in [0, 0.05) is 5.56 Å². The van der Waals surface area contributed by atoms with Crippen LogP contribution in [0, 0.1) is 0 Å². The number of rotatable bonds is 4. The summed E-state index contributed by atoms with van der Waals surface area (Å²) >= 11 is 6.00. The first-order valence-corrected chi connectivity index (χ1v) is 5.93. The van der Waals surface area contributed by atoms with Gasteiger partial charge in [-0.3, -0.25) is 4.79 Å². The number of nitrogens with two attached hydrogens (primary N) is 1. The lowest BCUT2D eigenvalue weighted by Gasteiger charge is -2.39. The second kappa shape index (κ2) is 4.49.